The Balaban J connectivity index is 2.05. The van der Waals surface area contributed by atoms with E-state index in [0.29, 0.717) is 23.7 Å². The third-order valence-corrected chi connectivity index (χ3v) is 4.69. The molecule has 1 aliphatic heterocycles. The van der Waals surface area contributed by atoms with Crippen LogP contribution in [0.3, 0.4) is 0 Å². The first kappa shape index (κ1) is 13.8. The zero-order chi connectivity index (χ0) is 14.9. The molecule has 0 saturated carbocycles. The molecule has 0 atom stereocenters. The van der Waals surface area contributed by atoms with Crippen LogP contribution >= 0.6 is 0 Å². The summed E-state index contributed by atoms with van der Waals surface area (Å²) in [6, 6.07) is 12.0. The fourth-order valence-corrected chi connectivity index (χ4v) is 3.67. The highest BCUT2D eigenvalue weighted by atomic mass is 32.2. The van der Waals surface area contributed by atoms with Gasteiger partial charge in [-0.2, -0.15) is 0 Å². The first-order valence-corrected chi connectivity index (χ1v) is 8.18. The van der Waals surface area contributed by atoms with E-state index in [-0.39, 0.29) is 4.90 Å². The number of rotatable bonds is 3. The van der Waals surface area contributed by atoms with Crippen LogP contribution < -0.4 is 15.2 Å². The van der Waals surface area contributed by atoms with E-state index in [0.717, 1.165) is 18.4 Å². The number of hydrogen-bond acceptors (Lipinski definition) is 4. The number of fused-ring (bicyclic) bond motifs is 1. The summed E-state index contributed by atoms with van der Waals surface area (Å²) in [7, 11) is -3.73. The number of nitrogens with two attached hydrogens (primary N) is 1. The topological polar surface area (TPSA) is 81.4 Å². The van der Waals surface area contributed by atoms with Gasteiger partial charge in [-0.1, -0.05) is 18.2 Å². The summed E-state index contributed by atoms with van der Waals surface area (Å²) >= 11 is 0. The quantitative estimate of drug-likeness (QED) is 0.853. The molecule has 5 nitrogen and oxygen atoms in total. The minimum Gasteiger partial charge on any atom is -0.492 e. The average molecular weight is 304 g/mol. The van der Waals surface area contributed by atoms with Crippen molar-refractivity contribution >= 4 is 21.4 Å². The van der Waals surface area contributed by atoms with Crippen LogP contribution in [0.1, 0.15) is 12.0 Å². The molecule has 21 heavy (non-hydrogen) atoms. The molecule has 2 aromatic rings. The molecule has 0 spiro atoms. The van der Waals surface area contributed by atoms with Gasteiger partial charge in [-0.15, -0.1) is 0 Å². The van der Waals surface area contributed by atoms with Crippen LogP contribution in [-0.2, 0) is 16.4 Å². The van der Waals surface area contributed by atoms with Crippen molar-refractivity contribution in [3.8, 4) is 5.75 Å². The minimum absolute atomic E-state index is 0.0982. The van der Waals surface area contributed by atoms with Crippen LogP contribution in [0.15, 0.2) is 47.4 Å². The Kier molecular flexibility index (Phi) is 3.47. The second-order valence-electron chi connectivity index (χ2n) is 4.93. The van der Waals surface area contributed by atoms with Crippen LogP contribution in [0.4, 0.5) is 11.4 Å². The van der Waals surface area contributed by atoms with Gasteiger partial charge in [0.15, 0.2) is 0 Å². The third-order valence-electron chi connectivity index (χ3n) is 3.31. The van der Waals surface area contributed by atoms with E-state index in [1.54, 1.807) is 30.3 Å². The zero-order valence-electron chi connectivity index (χ0n) is 11.4. The molecule has 0 aromatic heterocycles. The standard InChI is InChI=1S/C15H16N2O3S/c16-12-9-11-5-4-8-20-15(11)14(10-12)21(18,19)17-13-6-2-1-3-7-13/h1-3,6-7,9-10,17H,4-5,8,16H2. The summed E-state index contributed by atoms with van der Waals surface area (Å²) in [6.45, 7) is 0.519. The fraction of sp³-hybridized carbons (Fsp3) is 0.200. The smallest absolute Gasteiger partial charge is 0.265 e. The van der Waals surface area contributed by atoms with Crippen molar-refractivity contribution in [3.63, 3.8) is 0 Å². The van der Waals surface area contributed by atoms with Crippen molar-refractivity contribution in [1.29, 1.82) is 0 Å². The molecule has 6 heteroatoms. The van der Waals surface area contributed by atoms with Crippen molar-refractivity contribution in [2.45, 2.75) is 17.7 Å². The number of ether oxygens (including phenoxy) is 1. The molecule has 110 valence electrons. The van der Waals surface area contributed by atoms with Crippen molar-refractivity contribution in [2.75, 3.05) is 17.1 Å². The molecule has 0 bridgehead atoms. The highest BCUT2D eigenvalue weighted by Crippen LogP contribution is 2.35. The number of hydrogen-bond donors (Lipinski definition) is 2. The monoisotopic (exact) mass is 304 g/mol. The maximum Gasteiger partial charge on any atom is 0.265 e. The molecule has 1 heterocycles. The molecule has 3 rings (SSSR count). The van der Waals surface area contributed by atoms with E-state index in [2.05, 4.69) is 4.72 Å². The minimum atomic E-state index is -3.73. The van der Waals surface area contributed by atoms with Crippen LogP contribution in [0.2, 0.25) is 0 Å². The van der Waals surface area contributed by atoms with E-state index in [1.807, 2.05) is 6.07 Å². The van der Waals surface area contributed by atoms with Gasteiger partial charge in [0.05, 0.1) is 6.61 Å². The van der Waals surface area contributed by atoms with Gasteiger partial charge in [0.1, 0.15) is 10.6 Å². The molecule has 0 fully saturated rings. The van der Waals surface area contributed by atoms with Crippen LogP contribution in [-0.4, -0.2) is 15.0 Å². The SMILES string of the molecule is Nc1cc2c(c(S(=O)(=O)Nc3ccccc3)c1)OCCC2. The van der Waals surface area contributed by atoms with Gasteiger partial charge in [0.2, 0.25) is 0 Å². The highest BCUT2D eigenvalue weighted by Gasteiger charge is 2.25. The first-order valence-electron chi connectivity index (χ1n) is 6.69. The van der Waals surface area contributed by atoms with Crippen LogP contribution in [0.25, 0.3) is 0 Å². The predicted molar refractivity (Wildman–Crippen MR) is 81.9 cm³/mol. The summed E-state index contributed by atoms with van der Waals surface area (Å²) in [4.78, 5) is 0.0982. The van der Waals surface area contributed by atoms with E-state index in [1.165, 1.54) is 6.07 Å². The van der Waals surface area contributed by atoms with Crippen LogP contribution in [0.5, 0.6) is 5.75 Å². The normalized spacial score (nSPS) is 14.1. The number of anilines is 2. The Morgan fingerprint density at radius 2 is 1.90 bits per heavy atom. The van der Waals surface area contributed by atoms with Gasteiger partial charge in [-0.25, -0.2) is 8.42 Å². The van der Waals surface area contributed by atoms with Crippen molar-refractivity contribution in [3.05, 3.63) is 48.0 Å². The van der Waals surface area contributed by atoms with Gasteiger partial charge >= 0.3 is 0 Å². The van der Waals surface area contributed by atoms with E-state index < -0.39 is 10.0 Å². The van der Waals surface area contributed by atoms with Gasteiger partial charge in [-0.05, 0) is 42.7 Å². The first-order chi connectivity index (χ1) is 10.1. The Morgan fingerprint density at radius 1 is 1.14 bits per heavy atom. The summed E-state index contributed by atoms with van der Waals surface area (Å²) < 4.78 is 33.3. The van der Waals surface area contributed by atoms with E-state index >= 15 is 0 Å². The highest BCUT2D eigenvalue weighted by molar-refractivity contribution is 7.92. The predicted octanol–water partition coefficient (Wildman–Crippen LogP) is 2.39. The lowest BCUT2D eigenvalue weighted by Gasteiger charge is -2.21. The number of aryl methyl sites for hydroxylation is 1. The molecule has 0 radical (unpaired) electrons. The van der Waals surface area contributed by atoms with Gasteiger partial charge in [0, 0.05) is 11.4 Å². The average Bonchev–Trinajstić information content (AvgIpc) is 2.47. The number of para-hydroxylation sites is 1. The lowest BCUT2D eigenvalue weighted by molar-refractivity contribution is 0.280. The van der Waals surface area contributed by atoms with Gasteiger partial charge in [-0.3, -0.25) is 4.72 Å². The van der Waals surface area contributed by atoms with Gasteiger partial charge < -0.3 is 10.5 Å². The van der Waals surface area contributed by atoms with Crippen molar-refractivity contribution < 1.29 is 13.2 Å². The van der Waals surface area contributed by atoms with Crippen molar-refractivity contribution in [2.24, 2.45) is 0 Å². The lowest BCUT2D eigenvalue weighted by atomic mass is 10.1. The molecule has 0 aliphatic carbocycles. The number of nitrogens with one attached hydrogen (secondary N) is 1. The Bertz CT molecular complexity index is 758. The molecule has 3 N–H and O–H groups in total. The fourth-order valence-electron chi connectivity index (χ4n) is 2.39. The Labute approximate surface area is 123 Å². The Morgan fingerprint density at radius 3 is 2.67 bits per heavy atom. The summed E-state index contributed by atoms with van der Waals surface area (Å²) in [5.74, 6) is 0.416. The molecular formula is C15H16N2O3S. The molecule has 0 amide bonds. The zero-order valence-corrected chi connectivity index (χ0v) is 12.2. The van der Waals surface area contributed by atoms with E-state index in [9.17, 15) is 8.42 Å². The molecule has 2 aromatic carbocycles. The molecule has 0 unspecified atom stereocenters. The maximum atomic E-state index is 12.6. The number of benzene rings is 2. The van der Waals surface area contributed by atoms with Crippen LogP contribution in [0, 0.1) is 0 Å². The van der Waals surface area contributed by atoms with Crippen molar-refractivity contribution in [1.82, 2.24) is 0 Å². The summed E-state index contributed by atoms with van der Waals surface area (Å²) in [6.07, 6.45) is 1.64. The third kappa shape index (κ3) is 2.80. The molecule has 1 aliphatic rings. The van der Waals surface area contributed by atoms with Gasteiger partial charge in [0.25, 0.3) is 10.0 Å². The second kappa shape index (κ2) is 5.29. The summed E-state index contributed by atoms with van der Waals surface area (Å²) in [5, 5.41) is 0. The number of nitrogen functional groups attached to an aromatic ring is 1. The lowest BCUT2D eigenvalue weighted by Crippen LogP contribution is -2.18. The largest absolute Gasteiger partial charge is 0.492 e. The molecular weight excluding hydrogens is 288 g/mol. The van der Waals surface area contributed by atoms with E-state index in [4.69, 9.17) is 10.5 Å². The summed E-state index contributed by atoms with van der Waals surface area (Å²) in [5.41, 5.74) is 7.60. The second-order valence-corrected chi connectivity index (χ2v) is 6.58. The Hall–Kier alpha value is -2.21. The number of sulfonamides is 1. The molecule has 0 saturated heterocycles. The maximum absolute atomic E-state index is 12.6.